The number of aromatic nitrogens is 1. The van der Waals surface area contributed by atoms with Gasteiger partial charge in [-0.25, -0.2) is 0 Å². The van der Waals surface area contributed by atoms with Crippen molar-refractivity contribution in [1.82, 2.24) is 9.88 Å². The number of piperidine rings is 1. The van der Waals surface area contributed by atoms with Crippen LogP contribution in [0.4, 0.5) is 5.69 Å². The van der Waals surface area contributed by atoms with Gasteiger partial charge in [-0.15, -0.1) is 0 Å². The highest BCUT2D eigenvalue weighted by Gasteiger charge is 2.24. The Hall–Kier alpha value is -1.66. The van der Waals surface area contributed by atoms with Crippen molar-refractivity contribution in [1.29, 1.82) is 0 Å². The molecule has 3 rings (SSSR count). The summed E-state index contributed by atoms with van der Waals surface area (Å²) in [6.45, 7) is 1.97. The van der Waals surface area contributed by atoms with E-state index >= 15 is 0 Å². The summed E-state index contributed by atoms with van der Waals surface area (Å²) in [7, 11) is 1.90. The van der Waals surface area contributed by atoms with Crippen molar-refractivity contribution in [3.63, 3.8) is 0 Å². The van der Waals surface area contributed by atoms with Crippen molar-refractivity contribution in [2.24, 2.45) is 0 Å². The number of carbonyl (C=O) groups is 1. The number of rotatable bonds is 4. The van der Waals surface area contributed by atoms with Crippen LogP contribution in [-0.4, -0.2) is 53.7 Å². The van der Waals surface area contributed by atoms with E-state index in [2.05, 4.69) is 37.9 Å². The van der Waals surface area contributed by atoms with Gasteiger partial charge >= 0.3 is 5.97 Å². The number of anilines is 1. The van der Waals surface area contributed by atoms with Gasteiger partial charge in [0, 0.05) is 40.9 Å². The Bertz CT molecular complexity index is 714. The van der Waals surface area contributed by atoms with E-state index in [1.165, 1.54) is 5.69 Å². The van der Waals surface area contributed by atoms with Gasteiger partial charge in [0.1, 0.15) is 0 Å². The van der Waals surface area contributed by atoms with E-state index < -0.39 is 5.97 Å². The number of para-hydroxylation sites is 1. The van der Waals surface area contributed by atoms with Crippen LogP contribution in [0.3, 0.4) is 0 Å². The summed E-state index contributed by atoms with van der Waals surface area (Å²) in [6, 6.07) is 8.54. The third-order valence-corrected chi connectivity index (χ3v) is 5.15. The second-order valence-corrected chi connectivity index (χ2v) is 6.85. The van der Waals surface area contributed by atoms with Crippen LogP contribution in [-0.2, 0) is 4.79 Å². The van der Waals surface area contributed by atoms with Gasteiger partial charge in [0.15, 0.2) is 0 Å². The van der Waals surface area contributed by atoms with E-state index in [1.807, 2.05) is 30.3 Å². The van der Waals surface area contributed by atoms with Crippen molar-refractivity contribution in [3.8, 4) is 0 Å². The number of benzene rings is 1. The molecule has 1 aromatic carbocycles. The first kappa shape index (κ1) is 16.2. The fraction of sp³-hybridized carbons (Fsp3) is 0.412. The summed E-state index contributed by atoms with van der Waals surface area (Å²) in [6.07, 6.45) is 3.80. The number of carboxylic acid groups (broad SMARTS) is 1. The minimum Gasteiger partial charge on any atom is -0.480 e. The summed E-state index contributed by atoms with van der Waals surface area (Å²) >= 11 is 3.56. The molecule has 0 unspecified atom stereocenters. The molecule has 2 heterocycles. The van der Waals surface area contributed by atoms with Crippen LogP contribution < -0.4 is 4.90 Å². The molecule has 2 aromatic rings. The van der Waals surface area contributed by atoms with Crippen LogP contribution in [0.15, 0.2) is 34.9 Å². The number of aliphatic carboxylic acids is 1. The Morgan fingerprint density at radius 3 is 2.83 bits per heavy atom. The Morgan fingerprint density at radius 1 is 1.39 bits per heavy atom. The first-order chi connectivity index (χ1) is 11.1. The van der Waals surface area contributed by atoms with Gasteiger partial charge < -0.3 is 10.0 Å². The minimum atomic E-state index is -0.764. The number of pyridine rings is 1. The van der Waals surface area contributed by atoms with E-state index in [-0.39, 0.29) is 6.54 Å². The van der Waals surface area contributed by atoms with Crippen LogP contribution in [0.1, 0.15) is 12.8 Å². The van der Waals surface area contributed by atoms with E-state index in [4.69, 9.17) is 5.11 Å². The largest absolute Gasteiger partial charge is 0.480 e. The molecular formula is C17H20BrN3O2. The first-order valence-electron chi connectivity index (χ1n) is 7.76. The molecule has 6 heteroatoms. The molecule has 0 amide bonds. The zero-order valence-electron chi connectivity index (χ0n) is 13.1. The minimum absolute atomic E-state index is 0.107. The van der Waals surface area contributed by atoms with Gasteiger partial charge in [-0.2, -0.15) is 0 Å². The Labute approximate surface area is 144 Å². The second-order valence-electron chi connectivity index (χ2n) is 5.99. The van der Waals surface area contributed by atoms with Crippen molar-refractivity contribution < 1.29 is 9.90 Å². The lowest BCUT2D eigenvalue weighted by Crippen LogP contribution is -2.45. The highest BCUT2D eigenvalue weighted by atomic mass is 79.9. The van der Waals surface area contributed by atoms with Crippen molar-refractivity contribution in [2.75, 3.05) is 31.6 Å². The summed E-state index contributed by atoms with van der Waals surface area (Å²) in [4.78, 5) is 19.6. The summed E-state index contributed by atoms with van der Waals surface area (Å²) in [5, 5.41) is 10.1. The molecule has 0 atom stereocenters. The molecule has 1 aliphatic heterocycles. The van der Waals surface area contributed by atoms with Gasteiger partial charge in [-0.3, -0.25) is 14.7 Å². The Balaban J connectivity index is 1.76. The van der Waals surface area contributed by atoms with Crippen LogP contribution in [0.5, 0.6) is 0 Å². The third-order valence-electron chi connectivity index (χ3n) is 4.51. The van der Waals surface area contributed by atoms with Gasteiger partial charge in [0.25, 0.3) is 0 Å². The van der Waals surface area contributed by atoms with Crippen LogP contribution >= 0.6 is 15.9 Å². The fourth-order valence-electron chi connectivity index (χ4n) is 3.29. The number of hydrogen-bond acceptors (Lipinski definition) is 4. The summed E-state index contributed by atoms with van der Waals surface area (Å²) < 4.78 is 1.01. The van der Waals surface area contributed by atoms with Crippen LogP contribution in [0, 0.1) is 0 Å². The topological polar surface area (TPSA) is 56.7 Å². The number of likely N-dealkylation sites (N-methyl/N-ethyl adjacent to an activating group) is 1. The molecule has 1 fully saturated rings. The van der Waals surface area contributed by atoms with E-state index in [1.54, 1.807) is 0 Å². The first-order valence-corrected chi connectivity index (χ1v) is 8.56. The smallest absolute Gasteiger partial charge is 0.317 e. The lowest BCUT2D eigenvalue weighted by atomic mass is 10.0. The number of halogens is 1. The van der Waals surface area contributed by atoms with E-state index in [0.29, 0.717) is 6.04 Å². The average Bonchev–Trinajstić information content (AvgIpc) is 2.54. The average molecular weight is 378 g/mol. The molecule has 1 aliphatic rings. The monoisotopic (exact) mass is 377 g/mol. The zero-order valence-corrected chi connectivity index (χ0v) is 14.7. The maximum atomic E-state index is 10.9. The molecule has 0 radical (unpaired) electrons. The number of fused-ring (bicyclic) bond motifs is 1. The quantitative estimate of drug-likeness (QED) is 0.887. The van der Waals surface area contributed by atoms with Gasteiger partial charge in [-0.1, -0.05) is 12.1 Å². The summed E-state index contributed by atoms with van der Waals surface area (Å²) in [5.74, 6) is -0.764. The number of hydrogen-bond donors (Lipinski definition) is 1. The molecule has 1 aromatic heterocycles. The molecule has 0 saturated carbocycles. The van der Waals surface area contributed by atoms with E-state index in [9.17, 15) is 4.79 Å². The molecule has 0 aliphatic carbocycles. The number of nitrogens with zero attached hydrogens (tertiary/aromatic N) is 3. The van der Waals surface area contributed by atoms with Gasteiger partial charge in [-0.05, 0) is 48.0 Å². The Kier molecular flexibility index (Phi) is 4.82. The predicted molar refractivity (Wildman–Crippen MR) is 94.9 cm³/mol. The lowest BCUT2D eigenvalue weighted by Gasteiger charge is -2.37. The van der Waals surface area contributed by atoms with Crippen molar-refractivity contribution in [3.05, 3.63) is 34.9 Å². The van der Waals surface area contributed by atoms with Crippen molar-refractivity contribution in [2.45, 2.75) is 18.9 Å². The Morgan fingerprint density at radius 2 is 2.13 bits per heavy atom. The van der Waals surface area contributed by atoms with Crippen LogP contribution in [0.25, 0.3) is 10.9 Å². The van der Waals surface area contributed by atoms with Gasteiger partial charge in [0.05, 0.1) is 12.1 Å². The molecule has 122 valence electrons. The molecule has 0 spiro atoms. The molecule has 1 N–H and O–H groups in total. The normalized spacial score (nSPS) is 16.2. The second kappa shape index (κ2) is 6.84. The molecule has 1 saturated heterocycles. The lowest BCUT2D eigenvalue weighted by molar-refractivity contribution is -0.138. The SMILES string of the molecule is CN(CC(=O)O)C1CCN(c2ccnc3c(Br)cccc23)CC1. The third kappa shape index (κ3) is 3.48. The summed E-state index contributed by atoms with van der Waals surface area (Å²) in [5.41, 5.74) is 2.19. The highest BCUT2D eigenvalue weighted by molar-refractivity contribution is 9.10. The maximum absolute atomic E-state index is 10.9. The predicted octanol–water partition coefficient (Wildman–Crippen LogP) is 2.98. The van der Waals surface area contributed by atoms with Gasteiger partial charge in [0.2, 0.25) is 0 Å². The highest BCUT2D eigenvalue weighted by Crippen LogP contribution is 2.31. The maximum Gasteiger partial charge on any atom is 0.317 e. The molecule has 0 bridgehead atoms. The molecular weight excluding hydrogens is 358 g/mol. The van der Waals surface area contributed by atoms with E-state index in [0.717, 1.165) is 41.3 Å². The standard InChI is InChI=1S/C17H20BrN3O2/c1-20(11-16(22)23)12-6-9-21(10-7-12)15-5-8-19-17-13(15)3-2-4-14(17)18/h2-5,8,12H,6-7,9-11H2,1H3,(H,22,23). The zero-order chi connectivity index (χ0) is 16.4. The van der Waals surface area contributed by atoms with Crippen molar-refractivity contribution >= 4 is 38.5 Å². The molecule has 23 heavy (non-hydrogen) atoms. The van der Waals surface area contributed by atoms with Crippen LogP contribution in [0.2, 0.25) is 0 Å². The molecule has 5 nitrogen and oxygen atoms in total. The fourth-order valence-corrected chi connectivity index (χ4v) is 3.76. The number of carboxylic acids is 1.